The quantitative estimate of drug-likeness (QED) is 0.757. The summed E-state index contributed by atoms with van der Waals surface area (Å²) in [6.45, 7) is 6.30. The van der Waals surface area contributed by atoms with Gasteiger partial charge in [-0.3, -0.25) is 9.59 Å². The fraction of sp³-hybridized carbons (Fsp3) is 0.818. The van der Waals surface area contributed by atoms with E-state index >= 15 is 0 Å². The topological polar surface area (TPSA) is 63.6 Å². The Hall–Kier alpha value is -1.16. The number of carbonyl (C=O) groups excluding carboxylic acids is 2. The highest BCUT2D eigenvalue weighted by atomic mass is 16.5. The van der Waals surface area contributed by atoms with Gasteiger partial charge < -0.3 is 9.84 Å². The van der Waals surface area contributed by atoms with Crippen LogP contribution < -0.4 is 0 Å². The van der Waals surface area contributed by atoms with Crippen LogP contribution in [-0.2, 0) is 14.3 Å². The van der Waals surface area contributed by atoms with Crippen LogP contribution in [0.2, 0.25) is 0 Å². The molecule has 26 heavy (non-hydrogen) atoms. The first-order chi connectivity index (χ1) is 12.2. The van der Waals surface area contributed by atoms with Gasteiger partial charge in [0.25, 0.3) is 0 Å². The molecule has 0 aliphatic heterocycles. The van der Waals surface area contributed by atoms with Gasteiger partial charge in [-0.15, -0.1) is 0 Å². The van der Waals surface area contributed by atoms with E-state index in [0.29, 0.717) is 18.8 Å². The van der Waals surface area contributed by atoms with Crippen molar-refractivity contribution in [3.8, 4) is 0 Å². The van der Waals surface area contributed by atoms with Crippen LogP contribution in [0.3, 0.4) is 0 Å². The summed E-state index contributed by atoms with van der Waals surface area (Å²) < 4.78 is 5.81. The van der Waals surface area contributed by atoms with Crippen LogP contribution in [-0.4, -0.2) is 28.6 Å². The van der Waals surface area contributed by atoms with Crippen molar-refractivity contribution in [3.05, 3.63) is 11.6 Å². The lowest BCUT2D eigenvalue weighted by Gasteiger charge is -2.62. The number of ketones is 1. The minimum Gasteiger partial charge on any atom is -0.462 e. The molecule has 0 spiro atoms. The van der Waals surface area contributed by atoms with Gasteiger partial charge in [0.1, 0.15) is 6.10 Å². The number of fused-ring (bicyclic) bond motifs is 5. The minimum absolute atomic E-state index is 0.0119. The Kier molecular flexibility index (Phi) is 4.15. The van der Waals surface area contributed by atoms with E-state index in [0.717, 1.165) is 44.9 Å². The predicted molar refractivity (Wildman–Crippen MR) is 98.3 cm³/mol. The highest BCUT2D eigenvalue weighted by Gasteiger charge is 2.66. The average Bonchev–Trinajstić information content (AvgIpc) is 2.93. The van der Waals surface area contributed by atoms with Crippen LogP contribution in [0.5, 0.6) is 0 Å². The normalized spacial score (nSPS) is 47.5. The van der Waals surface area contributed by atoms with Crippen molar-refractivity contribution in [3.63, 3.8) is 0 Å². The third kappa shape index (κ3) is 2.30. The number of aliphatic hydroxyl groups is 1. The van der Waals surface area contributed by atoms with Gasteiger partial charge >= 0.3 is 5.97 Å². The summed E-state index contributed by atoms with van der Waals surface area (Å²) in [5.41, 5.74) is 0.140. The maximum atomic E-state index is 11.9. The standard InChI is InChI=1S/C22H32O4/c1-4-19(24)26-18-8-7-16-17-6-5-14-13-15(23)9-10-21(14,3)22(17,25)12-11-20(16,18)2/h13,16-18,25H,4-12H2,1-3H3/t16?,17?,18-,20?,21?,22+/m0/s1. The van der Waals surface area contributed by atoms with Gasteiger partial charge in [0.05, 0.1) is 5.60 Å². The van der Waals surface area contributed by atoms with E-state index in [-0.39, 0.29) is 34.6 Å². The van der Waals surface area contributed by atoms with Crippen molar-refractivity contribution in [1.82, 2.24) is 0 Å². The first-order valence-electron chi connectivity index (χ1n) is 10.4. The summed E-state index contributed by atoms with van der Waals surface area (Å²) in [6, 6.07) is 0. The van der Waals surface area contributed by atoms with Gasteiger partial charge in [-0.1, -0.05) is 26.3 Å². The average molecular weight is 360 g/mol. The van der Waals surface area contributed by atoms with Crippen molar-refractivity contribution in [2.75, 3.05) is 0 Å². The Morgan fingerprint density at radius 1 is 1.15 bits per heavy atom. The van der Waals surface area contributed by atoms with E-state index in [2.05, 4.69) is 13.8 Å². The Morgan fingerprint density at radius 3 is 2.65 bits per heavy atom. The van der Waals surface area contributed by atoms with Crippen LogP contribution in [0.25, 0.3) is 0 Å². The van der Waals surface area contributed by atoms with Crippen LogP contribution in [0.15, 0.2) is 11.6 Å². The molecule has 0 aromatic carbocycles. The number of rotatable bonds is 2. The Labute approximate surface area is 156 Å². The number of ether oxygens (including phenoxy) is 1. The van der Waals surface area contributed by atoms with Gasteiger partial charge in [0.2, 0.25) is 0 Å². The van der Waals surface area contributed by atoms with E-state index in [1.807, 2.05) is 13.0 Å². The Morgan fingerprint density at radius 2 is 1.92 bits per heavy atom. The maximum absolute atomic E-state index is 11.9. The first kappa shape index (κ1) is 18.2. The van der Waals surface area contributed by atoms with Crippen LogP contribution >= 0.6 is 0 Å². The monoisotopic (exact) mass is 360 g/mol. The summed E-state index contributed by atoms with van der Waals surface area (Å²) in [5.74, 6) is 0.741. The molecule has 0 radical (unpaired) electrons. The van der Waals surface area contributed by atoms with Crippen molar-refractivity contribution < 1.29 is 19.4 Å². The van der Waals surface area contributed by atoms with Gasteiger partial charge in [-0.2, -0.15) is 0 Å². The van der Waals surface area contributed by atoms with E-state index in [1.165, 1.54) is 5.57 Å². The number of hydrogen-bond donors (Lipinski definition) is 1. The van der Waals surface area contributed by atoms with Gasteiger partial charge in [-0.25, -0.2) is 0 Å². The Bertz CT molecular complexity index is 667. The molecule has 144 valence electrons. The van der Waals surface area contributed by atoms with Crippen molar-refractivity contribution >= 4 is 11.8 Å². The highest BCUT2D eigenvalue weighted by molar-refractivity contribution is 5.91. The number of esters is 1. The second-order valence-corrected chi connectivity index (χ2v) is 9.56. The molecular weight excluding hydrogens is 328 g/mol. The zero-order chi connectivity index (χ0) is 18.7. The molecule has 0 heterocycles. The molecular formula is C22H32O4. The molecule has 3 fully saturated rings. The third-order valence-electron chi connectivity index (χ3n) is 8.62. The molecule has 4 nitrogen and oxygen atoms in total. The van der Waals surface area contributed by atoms with E-state index in [1.54, 1.807) is 0 Å². The zero-order valence-electron chi connectivity index (χ0n) is 16.3. The summed E-state index contributed by atoms with van der Waals surface area (Å²) in [7, 11) is 0. The summed E-state index contributed by atoms with van der Waals surface area (Å²) in [5, 5.41) is 11.9. The molecule has 4 rings (SSSR count). The lowest BCUT2D eigenvalue weighted by atomic mass is 9.45. The SMILES string of the molecule is CCC(=O)O[C@H]1CCC2C3CCC4=CC(=O)CCC4(C)[C@@]3(O)CCC21C. The van der Waals surface area contributed by atoms with Crippen molar-refractivity contribution in [1.29, 1.82) is 0 Å². The second-order valence-electron chi connectivity index (χ2n) is 9.56. The van der Waals surface area contributed by atoms with Crippen LogP contribution in [0, 0.1) is 22.7 Å². The summed E-state index contributed by atoms with van der Waals surface area (Å²) in [6.07, 6.45) is 8.99. The summed E-state index contributed by atoms with van der Waals surface area (Å²) in [4.78, 5) is 23.8. The van der Waals surface area contributed by atoms with Crippen molar-refractivity contribution in [2.45, 2.75) is 90.3 Å². The molecule has 4 heteroatoms. The molecule has 6 atom stereocenters. The fourth-order valence-electron chi connectivity index (χ4n) is 6.89. The minimum atomic E-state index is -0.731. The maximum Gasteiger partial charge on any atom is 0.305 e. The first-order valence-corrected chi connectivity index (χ1v) is 10.4. The third-order valence-corrected chi connectivity index (χ3v) is 8.62. The molecule has 4 unspecified atom stereocenters. The molecule has 4 aliphatic rings. The molecule has 0 aromatic rings. The molecule has 0 bridgehead atoms. The highest BCUT2D eigenvalue weighted by Crippen LogP contribution is 2.67. The van der Waals surface area contributed by atoms with E-state index in [9.17, 15) is 14.7 Å². The predicted octanol–water partition coefficient (Wildman–Crippen LogP) is 3.96. The van der Waals surface area contributed by atoms with Gasteiger partial charge in [0, 0.05) is 23.7 Å². The smallest absolute Gasteiger partial charge is 0.305 e. The fourth-order valence-corrected chi connectivity index (χ4v) is 6.89. The van der Waals surface area contributed by atoms with Crippen LogP contribution in [0.1, 0.15) is 78.6 Å². The van der Waals surface area contributed by atoms with E-state index < -0.39 is 5.60 Å². The lowest BCUT2D eigenvalue weighted by Crippen LogP contribution is -2.63. The molecule has 0 aromatic heterocycles. The number of carbonyl (C=O) groups is 2. The molecule has 4 aliphatic carbocycles. The molecule has 0 amide bonds. The Balaban J connectivity index is 1.65. The molecule has 0 saturated heterocycles. The van der Waals surface area contributed by atoms with Gasteiger partial charge in [0.15, 0.2) is 5.78 Å². The second kappa shape index (κ2) is 5.92. The zero-order valence-corrected chi connectivity index (χ0v) is 16.3. The largest absolute Gasteiger partial charge is 0.462 e. The van der Waals surface area contributed by atoms with Crippen LogP contribution in [0.4, 0.5) is 0 Å². The molecule has 3 saturated carbocycles. The van der Waals surface area contributed by atoms with Crippen molar-refractivity contribution in [2.24, 2.45) is 22.7 Å². The molecule has 1 N–H and O–H groups in total. The van der Waals surface area contributed by atoms with E-state index in [4.69, 9.17) is 4.74 Å². The summed E-state index contributed by atoms with van der Waals surface area (Å²) >= 11 is 0. The van der Waals surface area contributed by atoms with Gasteiger partial charge in [-0.05, 0) is 62.9 Å². The lowest BCUT2D eigenvalue weighted by molar-refractivity contribution is -0.200. The number of hydrogen-bond acceptors (Lipinski definition) is 4.